The van der Waals surface area contributed by atoms with Crippen LogP contribution in [-0.4, -0.2) is 25.1 Å². The minimum atomic E-state index is -0.321. The van der Waals surface area contributed by atoms with E-state index >= 15 is 0 Å². The topological polar surface area (TPSA) is 65.8 Å². The van der Waals surface area contributed by atoms with Gasteiger partial charge in [0.05, 0.1) is 11.2 Å². The summed E-state index contributed by atoms with van der Waals surface area (Å²) in [6.07, 6.45) is 2.35. The first-order valence-electron chi connectivity index (χ1n) is 9.03. The first kappa shape index (κ1) is 16.4. The quantitative estimate of drug-likeness (QED) is 0.477. The smallest absolute Gasteiger partial charge is 0.408 e. The molecule has 136 valence electrons. The largest absolute Gasteiger partial charge is 0.419 e. The number of benzene rings is 2. The van der Waals surface area contributed by atoms with Crippen molar-refractivity contribution in [3.8, 4) is 5.69 Å². The highest BCUT2D eigenvalue weighted by Crippen LogP contribution is 2.40. The Morgan fingerprint density at radius 2 is 1.85 bits per heavy atom. The molecule has 4 aromatic rings. The lowest BCUT2D eigenvalue weighted by atomic mass is 10.3. The third-order valence-corrected chi connectivity index (χ3v) is 5.49. The Morgan fingerprint density at radius 3 is 2.67 bits per heavy atom. The molecule has 0 atom stereocenters. The third kappa shape index (κ3) is 3.19. The van der Waals surface area contributed by atoms with Crippen molar-refractivity contribution in [1.82, 2.24) is 19.3 Å². The number of aryl methyl sites for hydroxylation is 1. The Morgan fingerprint density at radius 1 is 1.07 bits per heavy atom. The van der Waals surface area contributed by atoms with Crippen LogP contribution in [0.4, 0.5) is 0 Å². The molecule has 2 heterocycles. The molecule has 1 aliphatic carbocycles. The van der Waals surface area contributed by atoms with E-state index in [9.17, 15) is 4.79 Å². The van der Waals surface area contributed by atoms with E-state index in [1.54, 1.807) is 16.3 Å². The molecule has 0 radical (unpaired) electrons. The zero-order valence-corrected chi connectivity index (χ0v) is 15.4. The van der Waals surface area contributed by atoms with Crippen LogP contribution in [0.1, 0.15) is 24.6 Å². The van der Waals surface area contributed by atoms with Gasteiger partial charge in [0.25, 0.3) is 0 Å². The van der Waals surface area contributed by atoms with Crippen LogP contribution in [-0.2, 0) is 6.54 Å². The van der Waals surface area contributed by atoms with E-state index in [1.807, 2.05) is 59.3 Å². The van der Waals surface area contributed by atoms with Gasteiger partial charge in [-0.3, -0.25) is 4.57 Å². The van der Waals surface area contributed by atoms with Crippen LogP contribution >= 0.6 is 11.8 Å². The highest BCUT2D eigenvalue weighted by Gasteiger charge is 2.30. The first-order chi connectivity index (χ1) is 13.3. The average Bonchev–Trinajstić information content (AvgIpc) is 3.38. The van der Waals surface area contributed by atoms with Gasteiger partial charge >= 0.3 is 5.76 Å². The third-order valence-electron chi connectivity index (χ3n) is 4.68. The molecular weight excluding hydrogens is 360 g/mol. The fourth-order valence-corrected chi connectivity index (χ4v) is 3.94. The van der Waals surface area contributed by atoms with Gasteiger partial charge in [-0.25, -0.2) is 14.5 Å². The number of oxazole rings is 1. The molecule has 0 bridgehead atoms. The molecule has 0 spiro atoms. The van der Waals surface area contributed by atoms with E-state index in [4.69, 9.17) is 14.5 Å². The number of nitrogens with zero attached hydrogens (tertiary/aromatic N) is 4. The lowest BCUT2D eigenvalue weighted by Crippen LogP contribution is -2.15. The summed E-state index contributed by atoms with van der Waals surface area (Å²) in [5, 5.41) is 5.45. The molecule has 1 aliphatic rings. The molecule has 0 saturated heterocycles. The van der Waals surface area contributed by atoms with Crippen LogP contribution in [0.15, 0.2) is 69.0 Å². The zero-order valence-electron chi connectivity index (χ0n) is 14.6. The number of thioether (sulfide) groups is 1. The van der Waals surface area contributed by atoms with Gasteiger partial charge in [0.15, 0.2) is 5.58 Å². The van der Waals surface area contributed by atoms with E-state index in [2.05, 4.69) is 0 Å². The minimum absolute atomic E-state index is 0.321. The second-order valence-electron chi connectivity index (χ2n) is 6.61. The molecule has 2 aromatic heterocycles. The van der Waals surface area contributed by atoms with Gasteiger partial charge < -0.3 is 4.42 Å². The second kappa shape index (κ2) is 6.74. The van der Waals surface area contributed by atoms with Crippen molar-refractivity contribution in [3.05, 3.63) is 71.0 Å². The van der Waals surface area contributed by atoms with Gasteiger partial charge in [0.2, 0.25) is 5.16 Å². The first-order valence-corrected chi connectivity index (χ1v) is 10.0. The summed E-state index contributed by atoms with van der Waals surface area (Å²) in [7, 11) is 0. The van der Waals surface area contributed by atoms with Gasteiger partial charge in [-0.15, -0.1) is 5.10 Å². The zero-order chi connectivity index (χ0) is 18.2. The van der Waals surface area contributed by atoms with Crippen molar-refractivity contribution in [2.45, 2.75) is 30.5 Å². The molecule has 27 heavy (non-hydrogen) atoms. The Hall–Kier alpha value is -2.80. The summed E-state index contributed by atoms with van der Waals surface area (Å²) in [5.74, 6) is 1.92. The lowest BCUT2D eigenvalue weighted by Gasteiger charge is -2.03. The minimum Gasteiger partial charge on any atom is -0.408 e. The predicted molar refractivity (Wildman–Crippen MR) is 105 cm³/mol. The van der Waals surface area contributed by atoms with Gasteiger partial charge in [-0.05, 0) is 37.1 Å². The summed E-state index contributed by atoms with van der Waals surface area (Å²) in [4.78, 5) is 16.8. The van der Waals surface area contributed by atoms with Crippen LogP contribution < -0.4 is 5.76 Å². The summed E-state index contributed by atoms with van der Waals surface area (Å²) in [6, 6.07) is 17.6. The van der Waals surface area contributed by atoms with Crippen molar-refractivity contribution < 1.29 is 4.42 Å². The molecule has 0 N–H and O–H groups in total. The molecular formula is C20H18N4O2S. The van der Waals surface area contributed by atoms with Crippen LogP contribution in [0, 0.1) is 0 Å². The maximum atomic E-state index is 12.1. The summed E-state index contributed by atoms with van der Waals surface area (Å²) >= 11 is 1.57. The molecule has 0 amide bonds. The summed E-state index contributed by atoms with van der Waals surface area (Å²) < 4.78 is 8.91. The van der Waals surface area contributed by atoms with Crippen molar-refractivity contribution in [3.63, 3.8) is 0 Å². The molecule has 0 unspecified atom stereocenters. The van der Waals surface area contributed by atoms with E-state index < -0.39 is 0 Å². The lowest BCUT2D eigenvalue weighted by molar-refractivity contribution is 0.514. The van der Waals surface area contributed by atoms with Gasteiger partial charge in [0.1, 0.15) is 5.82 Å². The molecule has 7 heteroatoms. The molecule has 1 fully saturated rings. The van der Waals surface area contributed by atoms with E-state index in [-0.39, 0.29) is 5.76 Å². The average molecular weight is 378 g/mol. The number of para-hydroxylation sites is 3. The summed E-state index contributed by atoms with van der Waals surface area (Å²) in [6.45, 7) is 0.555. The molecule has 2 aromatic carbocycles. The number of hydrogen-bond acceptors (Lipinski definition) is 5. The second-order valence-corrected chi connectivity index (χ2v) is 7.67. The Kier molecular flexibility index (Phi) is 4.09. The van der Waals surface area contributed by atoms with Crippen molar-refractivity contribution in [1.29, 1.82) is 0 Å². The predicted octanol–water partition coefficient (Wildman–Crippen LogP) is 3.84. The highest BCUT2D eigenvalue weighted by atomic mass is 32.2. The Labute approximate surface area is 159 Å². The van der Waals surface area contributed by atoms with Gasteiger partial charge in [-0.2, -0.15) is 0 Å². The van der Waals surface area contributed by atoms with Crippen molar-refractivity contribution in [2.75, 3.05) is 5.75 Å². The van der Waals surface area contributed by atoms with Crippen LogP contribution in [0.25, 0.3) is 16.8 Å². The van der Waals surface area contributed by atoms with E-state index in [0.29, 0.717) is 23.8 Å². The van der Waals surface area contributed by atoms with Crippen molar-refractivity contribution in [2.24, 2.45) is 0 Å². The van der Waals surface area contributed by atoms with Crippen molar-refractivity contribution >= 4 is 22.9 Å². The van der Waals surface area contributed by atoms with E-state index in [1.165, 1.54) is 12.8 Å². The van der Waals surface area contributed by atoms with Crippen LogP contribution in [0.3, 0.4) is 0 Å². The number of rotatable bonds is 6. The monoisotopic (exact) mass is 378 g/mol. The summed E-state index contributed by atoms with van der Waals surface area (Å²) in [5.41, 5.74) is 2.48. The Balaban J connectivity index is 1.36. The maximum absolute atomic E-state index is 12.1. The standard InChI is InChI=1S/C20H18N4O2S/c25-20-23(16-8-4-5-9-17(16)26-20)12-13-27-19-21-18(14-10-11-14)24(22-19)15-6-2-1-3-7-15/h1-9,14H,10-13H2. The number of hydrogen-bond donors (Lipinski definition) is 0. The SMILES string of the molecule is O=c1oc2ccccc2n1CCSc1nc(C2CC2)n(-c2ccccc2)n1. The van der Waals surface area contributed by atoms with Crippen LogP contribution in [0.2, 0.25) is 0 Å². The van der Waals surface area contributed by atoms with Gasteiger partial charge in [-0.1, -0.05) is 42.1 Å². The maximum Gasteiger partial charge on any atom is 0.419 e. The highest BCUT2D eigenvalue weighted by molar-refractivity contribution is 7.99. The van der Waals surface area contributed by atoms with E-state index in [0.717, 1.165) is 22.2 Å². The molecule has 0 aliphatic heterocycles. The molecule has 1 saturated carbocycles. The fraction of sp³-hybridized carbons (Fsp3) is 0.250. The molecule has 6 nitrogen and oxygen atoms in total. The molecule has 5 rings (SSSR count). The number of aromatic nitrogens is 4. The normalized spacial score (nSPS) is 14.1. The fourth-order valence-electron chi connectivity index (χ4n) is 3.18. The Bertz CT molecular complexity index is 1140. The van der Waals surface area contributed by atoms with Gasteiger partial charge in [0, 0.05) is 18.2 Å². The van der Waals surface area contributed by atoms with Crippen LogP contribution in [0.5, 0.6) is 0 Å². The number of fused-ring (bicyclic) bond motifs is 1.